The molecule has 1 amide bonds. The van der Waals surface area contributed by atoms with Gasteiger partial charge in [0.1, 0.15) is 11.5 Å². The third kappa shape index (κ3) is 3.88. The lowest BCUT2D eigenvalue weighted by Gasteiger charge is -2.17. The van der Waals surface area contributed by atoms with Gasteiger partial charge in [-0.3, -0.25) is 4.79 Å². The van der Waals surface area contributed by atoms with Gasteiger partial charge in [-0.15, -0.1) is 0 Å². The molecule has 5 heteroatoms. The molecule has 1 N–H and O–H groups in total. The van der Waals surface area contributed by atoms with Gasteiger partial charge >= 0.3 is 0 Å². The maximum absolute atomic E-state index is 12.6. The Morgan fingerprint density at radius 1 is 0.962 bits per heavy atom. The van der Waals surface area contributed by atoms with Gasteiger partial charge < -0.3 is 10.2 Å². The monoisotopic (exact) mass is 346 g/mol. The zero-order chi connectivity index (χ0) is 18.5. The van der Waals surface area contributed by atoms with Crippen LogP contribution in [0, 0.1) is 0 Å². The maximum Gasteiger partial charge on any atom is 0.278 e. The van der Waals surface area contributed by atoms with E-state index >= 15 is 0 Å². The van der Waals surface area contributed by atoms with Gasteiger partial charge in [-0.05, 0) is 29.7 Å². The number of aromatic nitrogens is 2. The number of para-hydroxylation sites is 2. The summed E-state index contributed by atoms with van der Waals surface area (Å²) in [6, 6.07) is 17.6. The second-order valence-electron chi connectivity index (χ2n) is 6.35. The number of nitrogens with zero attached hydrogens (tertiary/aromatic N) is 3. The summed E-state index contributed by atoms with van der Waals surface area (Å²) in [5, 5.41) is 3.28. The number of amides is 1. The number of hydrogen-bond donors (Lipinski definition) is 1. The molecule has 1 heterocycles. The van der Waals surface area contributed by atoms with Crippen molar-refractivity contribution in [2.75, 3.05) is 17.3 Å². The van der Waals surface area contributed by atoms with Crippen LogP contribution in [0.15, 0.2) is 67.0 Å². The maximum atomic E-state index is 12.6. The van der Waals surface area contributed by atoms with Crippen molar-refractivity contribution in [2.45, 2.75) is 19.8 Å². The summed E-state index contributed by atoms with van der Waals surface area (Å²) in [5.41, 5.74) is 3.32. The average Bonchev–Trinajstić information content (AvgIpc) is 2.68. The lowest BCUT2D eigenvalue weighted by atomic mass is 10.0. The van der Waals surface area contributed by atoms with Crippen molar-refractivity contribution in [3.05, 3.63) is 78.2 Å². The van der Waals surface area contributed by atoms with Crippen molar-refractivity contribution in [1.82, 2.24) is 9.97 Å². The van der Waals surface area contributed by atoms with Crippen molar-refractivity contribution >= 4 is 23.1 Å². The Morgan fingerprint density at radius 2 is 1.65 bits per heavy atom. The van der Waals surface area contributed by atoms with Crippen LogP contribution in [-0.2, 0) is 0 Å². The SMILES string of the molecule is CC(C)c1ccccc1Nc1cnc(C(=O)N(C)c2ccccc2)cn1. The van der Waals surface area contributed by atoms with E-state index in [0.717, 1.165) is 11.4 Å². The largest absolute Gasteiger partial charge is 0.339 e. The van der Waals surface area contributed by atoms with Crippen LogP contribution < -0.4 is 10.2 Å². The minimum absolute atomic E-state index is 0.196. The molecule has 3 aromatic rings. The molecule has 0 spiro atoms. The highest BCUT2D eigenvalue weighted by Crippen LogP contribution is 2.26. The number of hydrogen-bond acceptors (Lipinski definition) is 4. The third-order valence-electron chi connectivity index (χ3n) is 4.16. The molecule has 0 aliphatic heterocycles. The molecular formula is C21H22N4O. The van der Waals surface area contributed by atoms with Crippen LogP contribution in [0.1, 0.15) is 35.8 Å². The van der Waals surface area contributed by atoms with E-state index in [0.29, 0.717) is 17.4 Å². The van der Waals surface area contributed by atoms with E-state index in [-0.39, 0.29) is 5.91 Å². The molecule has 0 atom stereocenters. The second-order valence-corrected chi connectivity index (χ2v) is 6.35. The summed E-state index contributed by atoms with van der Waals surface area (Å²) >= 11 is 0. The standard InChI is InChI=1S/C21H22N4O/c1-15(2)17-11-7-8-12-18(17)24-20-14-22-19(13-23-20)21(26)25(3)16-9-5-4-6-10-16/h4-15H,1-3H3,(H,23,24). The van der Waals surface area contributed by atoms with Gasteiger partial charge in [0.2, 0.25) is 0 Å². The zero-order valence-corrected chi connectivity index (χ0v) is 15.2. The minimum Gasteiger partial charge on any atom is -0.339 e. The first-order valence-electron chi connectivity index (χ1n) is 8.57. The molecule has 1 aromatic heterocycles. The van der Waals surface area contributed by atoms with E-state index in [1.807, 2.05) is 48.5 Å². The number of carbonyl (C=O) groups is 1. The summed E-state index contributed by atoms with van der Waals surface area (Å²) < 4.78 is 0. The van der Waals surface area contributed by atoms with Gasteiger partial charge in [-0.25, -0.2) is 9.97 Å². The third-order valence-corrected chi connectivity index (χ3v) is 4.16. The number of carbonyl (C=O) groups excluding carboxylic acids is 1. The Bertz CT molecular complexity index is 876. The fraction of sp³-hybridized carbons (Fsp3) is 0.190. The molecule has 0 bridgehead atoms. The van der Waals surface area contributed by atoms with Crippen LogP contribution in [0.25, 0.3) is 0 Å². The smallest absolute Gasteiger partial charge is 0.278 e. The fourth-order valence-electron chi connectivity index (χ4n) is 2.70. The molecular weight excluding hydrogens is 324 g/mol. The van der Waals surface area contributed by atoms with Crippen molar-refractivity contribution in [2.24, 2.45) is 0 Å². The van der Waals surface area contributed by atoms with E-state index in [1.165, 1.54) is 11.8 Å². The topological polar surface area (TPSA) is 58.1 Å². The first-order chi connectivity index (χ1) is 12.6. The molecule has 0 saturated carbocycles. The molecule has 0 fully saturated rings. The quantitative estimate of drug-likeness (QED) is 0.732. The van der Waals surface area contributed by atoms with Crippen LogP contribution >= 0.6 is 0 Å². The molecule has 3 rings (SSSR count). The normalized spacial score (nSPS) is 10.6. The fourth-order valence-corrected chi connectivity index (χ4v) is 2.70. The molecule has 0 radical (unpaired) electrons. The van der Waals surface area contributed by atoms with Crippen molar-refractivity contribution in [1.29, 1.82) is 0 Å². The highest BCUT2D eigenvalue weighted by Gasteiger charge is 2.15. The van der Waals surface area contributed by atoms with Crippen molar-refractivity contribution in [3.63, 3.8) is 0 Å². The van der Waals surface area contributed by atoms with Crippen LogP contribution in [0.3, 0.4) is 0 Å². The number of rotatable bonds is 5. The lowest BCUT2D eigenvalue weighted by molar-refractivity contribution is 0.0988. The highest BCUT2D eigenvalue weighted by molar-refractivity contribution is 6.04. The van der Waals surface area contributed by atoms with E-state index in [4.69, 9.17) is 0 Å². The summed E-state index contributed by atoms with van der Waals surface area (Å²) in [5.74, 6) is 0.807. The first-order valence-corrected chi connectivity index (χ1v) is 8.57. The Morgan fingerprint density at radius 3 is 2.31 bits per heavy atom. The van der Waals surface area contributed by atoms with E-state index in [9.17, 15) is 4.79 Å². The number of benzene rings is 2. The molecule has 5 nitrogen and oxygen atoms in total. The number of nitrogens with one attached hydrogen (secondary N) is 1. The minimum atomic E-state index is -0.196. The van der Waals surface area contributed by atoms with Gasteiger partial charge in [0, 0.05) is 18.4 Å². The molecule has 0 saturated heterocycles. The van der Waals surface area contributed by atoms with Crippen LogP contribution in [0.2, 0.25) is 0 Å². The highest BCUT2D eigenvalue weighted by atomic mass is 16.2. The zero-order valence-electron chi connectivity index (χ0n) is 15.2. The Hall–Kier alpha value is -3.21. The Balaban J connectivity index is 1.76. The summed E-state index contributed by atoms with van der Waals surface area (Å²) in [6.07, 6.45) is 3.09. The number of anilines is 3. The second kappa shape index (κ2) is 7.78. The molecule has 0 aliphatic carbocycles. The summed E-state index contributed by atoms with van der Waals surface area (Å²) in [4.78, 5) is 22.8. The van der Waals surface area contributed by atoms with Gasteiger partial charge in [-0.1, -0.05) is 50.2 Å². The van der Waals surface area contributed by atoms with Gasteiger partial charge in [-0.2, -0.15) is 0 Å². The van der Waals surface area contributed by atoms with Crippen LogP contribution in [0.4, 0.5) is 17.2 Å². The van der Waals surface area contributed by atoms with Crippen molar-refractivity contribution < 1.29 is 4.79 Å². The predicted octanol–water partition coefficient (Wildman–Crippen LogP) is 4.62. The Kier molecular flexibility index (Phi) is 5.27. The van der Waals surface area contributed by atoms with Gasteiger partial charge in [0.05, 0.1) is 12.4 Å². The Labute approximate surface area is 153 Å². The predicted molar refractivity (Wildman–Crippen MR) is 105 cm³/mol. The molecule has 2 aromatic carbocycles. The lowest BCUT2D eigenvalue weighted by Crippen LogP contribution is -2.27. The molecule has 0 aliphatic rings. The van der Waals surface area contributed by atoms with Crippen LogP contribution in [0.5, 0.6) is 0 Å². The molecule has 0 unspecified atom stereocenters. The average molecular weight is 346 g/mol. The van der Waals surface area contributed by atoms with E-state index in [2.05, 4.69) is 35.2 Å². The van der Waals surface area contributed by atoms with E-state index < -0.39 is 0 Å². The van der Waals surface area contributed by atoms with E-state index in [1.54, 1.807) is 18.1 Å². The summed E-state index contributed by atoms with van der Waals surface area (Å²) in [7, 11) is 1.73. The van der Waals surface area contributed by atoms with Crippen LogP contribution in [-0.4, -0.2) is 22.9 Å². The first kappa shape index (κ1) is 17.6. The van der Waals surface area contributed by atoms with Gasteiger partial charge in [0.15, 0.2) is 0 Å². The molecule has 26 heavy (non-hydrogen) atoms. The van der Waals surface area contributed by atoms with Crippen molar-refractivity contribution in [3.8, 4) is 0 Å². The summed E-state index contributed by atoms with van der Waals surface area (Å²) in [6.45, 7) is 4.29. The van der Waals surface area contributed by atoms with Gasteiger partial charge in [0.25, 0.3) is 5.91 Å². The molecule has 132 valence electrons.